The van der Waals surface area contributed by atoms with Crippen LogP contribution in [0, 0.1) is 11.6 Å². The molecule has 1 rings (SSSR count). The Bertz CT molecular complexity index is 542. The zero-order chi connectivity index (χ0) is 16.2. The van der Waals surface area contributed by atoms with Gasteiger partial charge in [0.1, 0.15) is 23.3 Å². The number of hydrogen-bond acceptors (Lipinski definition) is 3. The Labute approximate surface area is 121 Å². The van der Waals surface area contributed by atoms with Crippen molar-refractivity contribution >= 4 is 17.7 Å². The second kappa shape index (κ2) is 6.51. The Kier molecular flexibility index (Phi) is 5.23. The summed E-state index contributed by atoms with van der Waals surface area (Å²) in [7, 11) is 0. The van der Waals surface area contributed by atoms with Crippen molar-refractivity contribution in [2.75, 3.05) is 5.32 Å². The van der Waals surface area contributed by atoms with Crippen LogP contribution in [0.2, 0.25) is 0 Å². The molecule has 0 aromatic heterocycles. The molecule has 0 radical (unpaired) electrons. The number of hydrogen-bond donors (Lipinski definition) is 2. The number of ether oxygens (including phenoxy) is 1. The van der Waals surface area contributed by atoms with Crippen molar-refractivity contribution in [3.63, 3.8) is 0 Å². The van der Waals surface area contributed by atoms with Crippen molar-refractivity contribution in [1.82, 2.24) is 5.32 Å². The topological polar surface area (TPSA) is 67.4 Å². The molecule has 0 fully saturated rings. The minimum atomic E-state index is -0.970. The van der Waals surface area contributed by atoms with Gasteiger partial charge < -0.3 is 15.4 Å². The van der Waals surface area contributed by atoms with E-state index >= 15 is 0 Å². The van der Waals surface area contributed by atoms with Crippen LogP contribution in [0.5, 0.6) is 0 Å². The first-order valence-electron chi connectivity index (χ1n) is 6.34. The summed E-state index contributed by atoms with van der Waals surface area (Å²) in [5.74, 6) is -2.14. The number of benzene rings is 1. The lowest BCUT2D eigenvalue weighted by Crippen LogP contribution is -2.44. The number of carbonyl (C=O) groups is 2. The van der Waals surface area contributed by atoms with E-state index in [4.69, 9.17) is 4.74 Å². The maximum atomic E-state index is 13.4. The number of nitrogens with one attached hydrogen (secondary N) is 2. The van der Waals surface area contributed by atoms with Crippen LogP contribution in [0.3, 0.4) is 0 Å². The molecule has 2 amide bonds. The Hall–Kier alpha value is -2.18. The highest BCUT2D eigenvalue weighted by Gasteiger charge is 2.21. The standard InChI is InChI=1S/C14H18F2N2O3/c1-8(17-13(20)21-14(2,3)4)12(19)18-11-7-9(15)5-6-10(11)16/h5-8H,1-4H3,(H,17,20)(H,18,19)/t8-/m1/s1. The van der Waals surface area contributed by atoms with Gasteiger partial charge in [0.05, 0.1) is 5.69 Å². The Morgan fingerprint density at radius 2 is 1.86 bits per heavy atom. The average molecular weight is 300 g/mol. The zero-order valence-corrected chi connectivity index (χ0v) is 12.3. The molecule has 0 aliphatic carbocycles. The van der Waals surface area contributed by atoms with Crippen LogP contribution in [0.15, 0.2) is 18.2 Å². The van der Waals surface area contributed by atoms with Gasteiger partial charge in [0.25, 0.3) is 0 Å². The maximum absolute atomic E-state index is 13.4. The van der Waals surface area contributed by atoms with Crippen molar-refractivity contribution in [3.05, 3.63) is 29.8 Å². The SMILES string of the molecule is C[C@@H](NC(=O)OC(C)(C)C)C(=O)Nc1cc(F)ccc1F. The summed E-state index contributed by atoms with van der Waals surface area (Å²) in [4.78, 5) is 23.3. The van der Waals surface area contributed by atoms with E-state index in [1.54, 1.807) is 20.8 Å². The lowest BCUT2D eigenvalue weighted by Gasteiger charge is -2.21. The van der Waals surface area contributed by atoms with Crippen molar-refractivity contribution < 1.29 is 23.1 Å². The van der Waals surface area contributed by atoms with E-state index in [0.717, 1.165) is 18.2 Å². The molecule has 0 bridgehead atoms. The van der Waals surface area contributed by atoms with E-state index in [1.165, 1.54) is 6.92 Å². The Morgan fingerprint density at radius 1 is 1.24 bits per heavy atom. The molecule has 7 heteroatoms. The summed E-state index contributed by atoms with van der Waals surface area (Å²) in [6.07, 6.45) is -0.773. The van der Waals surface area contributed by atoms with Gasteiger partial charge in [-0.3, -0.25) is 4.79 Å². The van der Waals surface area contributed by atoms with Crippen molar-refractivity contribution in [3.8, 4) is 0 Å². The molecule has 5 nitrogen and oxygen atoms in total. The molecule has 1 aromatic rings. The summed E-state index contributed by atoms with van der Waals surface area (Å²) >= 11 is 0. The molecule has 21 heavy (non-hydrogen) atoms. The fourth-order valence-electron chi connectivity index (χ4n) is 1.38. The Morgan fingerprint density at radius 3 is 2.43 bits per heavy atom. The van der Waals surface area contributed by atoms with E-state index < -0.39 is 35.3 Å². The molecule has 116 valence electrons. The first kappa shape index (κ1) is 16.9. The fourth-order valence-corrected chi connectivity index (χ4v) is 1.38. The van der Waals surface area contributed by atoms with Gasteiger partial charge in [0, 0.05) is 6.07 Å². The third-order valence-electron chi connectivity index (χ3n) is 2.31. The first-order valence-corrected chi connectivity index (χ1v) is 6.34. The van der Waals surface area contributed by atoms with Crippen LogP contribution in [-0.4, -0.2) is 23.6 Å². The molecule has 2 N–H and O–H groups in total. The van der Waals surface area contributed by atoms with Gasteiger partial charge in [-0.2, -0.15) is 0 Å². The van der Waals surface area contributed by atoms with E-state index in [9.17, 15) is 18.4 Å². The van der Waals surface area contributed by atoms with Gasteiger partial charge >= 0.3 is 6.09 Å². The molecule has 0 unspecified atom stereocenters. The molecule has 0 aliphatic rings. The molecular formula is C14H18F2N2O3. The van der Waals surface area contributed by atoms with Crippen LogP contribution in [-0.2, 0) is 9.53 Å². The summed E-state index contributed by atoms with van der Waals surface area (Å²) in [6.45, 7) is 6.44. The first-order chi connectivity index (χ1) is 9.58. The fraction of sp³-hybridized carbons (Fsp3) is 0.429. The van der Waals surface area contributed by atoms with Crippen LogP contribution in [0.1, 0.15) is 27.7 Å². The minimum absolute atomic E-state index is 0.294. The van der Waals surface area contributed by atoms with Gasteiger partial charge in [0.15, 0.2) is 0 Å². The van der Waals surface area contributed by atoms with Crippen molar-refractivity contribution in [1.29, 1.82) is 0 Å². The molecule has 0 saturated heterocycles. The van der Waals surface area contributed by atoms with E-state index in [1.807, 2.05) is 0 Å². The largest absolute Gasteiger partial charge is 0.444 e. The number of carbonyl (C=O) groups excluding carboxylic acids is 2. The number of rotatable bonds is 3. The molecule has 0 heterocycles. The average Bonchev–Trinajstić information content (AvgIpc) is 2.31. The van der Waals surface area contributed by atoms with Gasteiger partial charge in [0.2, 0.25) is 5.91 Å². The summed E-state index contributed by atoms with van der Waals surface area (Å²) in [5, 5.41) is 4.50. The molecular weight excluding hydrogens is 282 g/mol. The second-order valence-corrected chi connectivity index (χ2v) is 5.48. The second-order valence-electron chi connectivity index (χ2n) is 5.48. The molecule has 0 saturated carbocycles. The van der Waals surface area contributed by atoms with Crippen LogP contribution in [0.25, 0.3) is 0 Å². The van der Waals surface area contributed by atoms with Crippen LogP contribution in [0.4, 0.5) is 19.3 Å². The summed E-state index contributed by atoms with van der Waals surface area (Å²) < 4.78 is 31.4. The quantitative estimate of drug-likeness (QED) is 0.902. The predicted octanol–water partition coefficient (Wildman–Crippen LogP) is 2.82. The number of alkyl carbamates (subject to hydrolysis) is 1. The minimum Gasteiger partial charge on any atom is -0.444 e. The van der Waals surface area contributed by atoms with Crippen LogP contribution < -0.4 is 10.6 Å². The lowest BCUT2D eigenvalue weighted by molar-refractivity contribution is -0.117. The summed E-state index contributed by atoms with van der Waals surface area (Å²) in [5.41, 5.74) is -0.993. The van der Waals surface area contributed by atoms with E-state index in [2.05, 4.69) is 10.6 Å². The smallest absolute Gasteiger partial charge is 0.408 e. The molecule has 0 spiro atoms. The van der Waals surface area contributed by atoms with Gasteiger partial charge in [-0.1, -0.05) is 0 Å². The Balaban J connectivity index is 2.63. The highest BCUT2D eigenvalue weighted by atomic mass is 19.1. The highest BCUT2D eigenvalue weighted by Crippen LogP contribution is 2.15. The maximum Gasteiger partial charge on any atom is 0.408 e. The predicted molar refractivity (Wildman–Crippen MR) is 73.8 cm³/mol. The number of anilines is 1. The van der Waals surface area contributed by atoms with Gasteiger partial charge in [-0.05, 0) is 39.8 Å². The highest BCUT2D eigenvalue weighted by molar-refractivity contribution is 5.96. The van der Waals surface area contributed by atoms with E-state index in [-0.39, 0.29) is 5.69 Å². The molecule has 1 aromatic carbocycles. The molecule has 0 aliphatic heterocycles. The normalized spacial score (nSPS) is 12.5. The third-order valence-corrected chi connectivity index (χ3v) is 2.31. The van der Waals surface area contributed by atoms with Gasteiger partial charge in [-0.25, -0.2) is 13.6 Å². The number of halogens is 2. The third kappa shape index (κ3) is 5.76. The zero-order valence-electron chi connectivity index (χ0n) is 12.3. The lowest BCUT2D eigenvalue weighted by atomic mass is 10.2. The monoisotopic (exact) mass is 300 g/mol. The molecule has 1 atom stereocenters. The van der Waals surface area contributed by atoms with E-state index in [0.29, 0.717) is 0 Å². The van der Waals surface area contributed by atoms with Gasteiger partial charge in [-0.15, -0.1) is 0 Å². The summed E-state index contributed by atoms with van der Waals surface area (Å²) in [6, 6.07) is 1.72. The van der Waals surface area contributed by atoms with Crippen LogP contribution >= 0.6 is 0 Å². The van der Waals surface area contributed by atoms with Crippen molar-refractivity contribution in [2.24, 2.45) is 0 Å². The van der Waals surface area contributed by atoms with Crippen molar-refractivity contribution in [2.45, 2.75) is 39.3 Å². The number of amides is 2.